The molecule has 0 saturated heterocycles. The fraction of sp³-hybridized carbons (Fsp3) is 0.333. The molecular formula is C9H10ClN3. The number of nitrogens with zero attached hydrogens (tertiary/aromatic N) is 2. The quantitative estimate of drug-likeness (QED) is 0.736. The number of nitrogens with one attached hydrogen (secondary N) is 1. The van der Waals surface area contributed by atoms with Crippen molar-refractivity contribution in [1.82, 2.24) is 9.97 Å². The first kappa shape index (κ1) is 8.51. The van der Waals surface area contributed by atoms with Crippen molar-refractivity contribution in [1.29, 1.82) is 0 Å². The standard InChI is InChI=1S/C9H10ClN3/c10-8-5-11-6-12-9(8)13-7-3-1-2-4-7/h1-2,5-7H,3-4H2,(H,11,12,13). The lowest BCUT2D eigenvalue weighted by molar-refractivity contribution is 0.780. The van der Waals surface area contributed by atoms with Gasteiger partial charge in [0, 0.05) is 6.04 Å². The van der Waals surface area contributed by atoms with Crippen LogP contribution in [-0.4, -0.2) is 16.0 Å². The van der Waals surface area contributed by atoms with Gasteiger partial charge in [-0.05, 0) is 12.8 Å². The van der Waals surface area contributed by atoms with E-state index in [9.17, 15) is 0 Å². The first-order valence-corrected chi connectivity index (χ1v) is 4.61. The molecule has 1 heterocycles. The van der Waals surface area contributed by atoms with E-state index in [1.54, 1.807) is 6.20 Å². The summed E-state index contributed by atoms with van der Waals surface area (Å²) in [5.41, 5.74) is 0. The van der Waals surface area contributed by atoms with Gasteiger partial charge in [-0.2, -0.15) is 0 Å². The van der Waals surface area contributed by atoms with Crippen LogP contribution in [0.25, 0.3) is 0 Å². The van der Waals surface area contributed by atoms with Gasteiger partial charge in [0.05, 0.1) is 6.20 Å². The summed E-state index contributed by atoms with van der Waals surface area (Å²) >= 11 is 5.89. The molecule has 0 radical (unpaired) electrons. The third-order valence-electron chi connectivity index (χ3n) is 2.02. The molecule has 4 heteroatoms. The van der Waals surface area contributed by atoms with Gasteiger partial charge in [-0.1, -0.05) is 23.8 Å². The van der Waals surface area contributed by atoms with Crippen LogP contribution in [0, 0.1) is 0 Å². The van der Waals surface area contributed by atoms with E-state index in [4.69, 9.17) is 11.6 Å². The van der Waals surface area contributed by atoms with Crippen molar-refractivity contribution in [3.8, 4) is 0 Å². The summed E-state index contributed by atoms with van der Waals surface area (Å²) in [6.45, 7) is 0. The Labute approximate surface area is 81.9 Å². The predicted octanol–water partition coefficient (Wildman–Crippen LogP) is 2.26. The molecule has 1 aliphatic carbocycles. The topological polar surface area (TPSA) is 37.8 Å². The zero-order valence-electron chi connectivity index (χ0n) is 7.07. The summed E-state index contributed by atoms with van der Waals surface area (Å²) in [6, 6.07) is 0.437. The fourth-order valence-electron chi connectivity index (χ4n) is 1.35. The number of hydrogen-bond acceptors (Lipinski definition) is 3. The highest BCUT2D eigenvalue weighted by Crippen LogP contribution is 2.20. The van der Waals surface area contributed by atoms with E-state index in [0.29, 0.717) is 11.1 Å². The first-order valence-electron chi connectivity index (χ1n) is 4.23. The van der Waals surface area contributed by atoms with Crippen LogP contribution < -0.4 is 5.32 Å². The molecule has 1 aromatic rings. The zero-order chi connectivity index (χ0) is 9.10. The van der Waals surface area contributed by atoms with Crippen molar-refractivity contribution in [3.05, 3.63) is 29.7 Å². The normalized spacial score (nSPS) is 16.4. The predicted molar refractivity (Wildman–Crippen MR) is 52.8 cm³/mol. The summed E-state index contributed by atoms with van der Waals surface area (Å²) in [5, 5.41) is 3.84. The summed E-state index contributed by atoms with van der Waals surface area (Å²) in [6.07, 6.45) is 9.50. The first-order chi connectivity index (χ1) is 6.36. The Kier molecular flexibility index (Phi) is 2.45. The molecule has 13 heavy (non-hydrogen) atoms. The summed E-state index contributed by atoms with van der Waals surface area (Å²) in [4.78, 5) is 7.88. The lowest BCUT2D eigenvalue weighted by atomic mass is 10.2. The number of rotatable bonds is 2. The van der Waals surface area contributed by atoms with Gasteiger partial charge < -0.3 is 5.32 Å². The van der Waals surface area contributed by atoms with E-state index < -0.39 is 0 Å². The second kappa shape index (κ2) is 3.75. The molecule has 0 spiro atoms. The second-order valence-electron chi connectivity index (χ2n) is 3.00. The summed E-state index contributed by atoms with van der Waals surface area (Å²) in [7, 11) is 0. The number of halogens is 1. The highest BCUT2D eigenvalue weighted by Gasteiger charge is 2.11. The average Bonchev–Trinajstić information content (AvgIpc) is 2.61. The van der Waals surface area contributed by atoms with Gasteiger partial charge in [-0.15, -0.1) is 0 Å². The molecule has 0 bridgehead atoms. The second-order valence-corrected chi connectivity index (χ2v) is 3.41. The van der Waals surface area contributed by atoms with Crippen LogP contribution in [0.2, 0.25) is 5.02 Å². The third-order valence-corrected chi connectivity index (χ3v) is 2.29. The maximum Gasteiger partial charge on any atom is 0.148 e. The molecule has 1 aliphatic rings. The molecule has 0 aromatic carbocycles. The average molecular weight is 196 g/mol. The smallest absolute Gasteiger partial charge is 0.148 e. The van der Waals surface area contributed by atoms with E-state index in [-0.39, 0.29) is 0 Å². The van der Waals surface area contributed by atoms with Gasteiger partial charge in [0.2, 0.25) is 0 Å². The van der Waals surface area contributed by atoms with Gasteiger partial charge in [-0.25, -0.2) is 9.97 Å². The van der Waals surface area contributed by atoms with Crippen molar-refractivity contribution < 1.29 is 0 Å². The van der Waals surface area contributed by atoms with Crippen molar-refractivity contribution in [2.75, 3.05) is 5.32 Å². The van der Waals surface area contributed by atoms with Gasteiger partial charge in [0.15, 0.2) is 0 Å². The Bertz CT molecular complexity index is 316. The van der Waals surface area contributed by atoms with Crippen LogP contribution in [0.4, 0.5) is 5.82 Å². The third kappa shape index (κ3) is 1.98. The summed E-state index contributed by atoms with van der Waals surface area (Å²) in [5.74, 6) is 0.727. The Morgan fingerprint density at radius 3 is 2.85 bits per heavy atom. The zero-order valence-corrected chi connectivity index (χ0v) is 7.83. The van der Waals surface area contributed by atoms with Crippen molar-refractivity contribution in [2.45, 2.75) is 18.9 Å². The molecule has 0 atom stereocenters. The van der Waals surface area contributed by atoms with Gasteiger partial charge in [0.25, 0.3) is 0 Å². The maximum absolute atomic E-state index is 5.89. The summed E-state index contributed by atoms with van der Waals surface area (Å²) < 4.78 is 0. The number of hydrogen-bond donors (Lipinski definition) is 1. The Morgan fingerprint density at radius 1 is 1.38 bits per heavy atom. The van der Waals surface area contributed by atoms with Gasteiger partial charge in [0.1, 0.15) is 17.2 Å². The molecule has 1 N–H and O–H groups in total. The number of aromatic nitrogens is 2. The molecule has 0 amide bonds. The Balaban J connectivity index is 2.05. The van der Waals surface area contributed by atoms with Crippen LogP contribution in [0.1, 0.15) is 12.8 Å². The van der Waals surface area contributed by atoms with Crippen molar-refractivity contribution >= 4 is 17.4 Å². The van der Waals surface area contributed by atoms with E-state index in [1.165, 1.54) is 6.33 Å². The minimum atomic E-state index is 0.437. The monoisotopic (exact) mass is 195 g/mol. The van der Waals surface area contributed by atoms with Crippen LogP contribution in [0.15, 0.2) is 24.7 Å². The number of anilines is 1. The molecule has 0 aliphatic heterocycles. The molecule has 1 aromatic heterocycles. The molecular weight excluding hydrogens is 186 g/mol. The minimum absolute atomic E-state index is 0.437. The SMILES string of the molecule is Clc1cncnc1NC1CC=CC1. The van der Waals surface area contributed by atoms with Gasteiger partial charge in [-0.3, -0.25) is 0 Å². The van der Waals surface area contributed by atoms with E-state index in [2.05, 4.69) is 27.4 Å². The molecule has 68 valence electrons. The molecule has 2 rings (SSSR count). The van der Waals surface area contributed by atoms with Crippen LogP contribution in [0.5, 0.6) is 0 Å². The molecule has 3 nitrogen and oxygen atoms in total. The fourth-order valence-corrected chi connectivity index (χ4v) is 1.51. The lowest BCUT2D eigenvalue weighted by Gasteiger charge is -2.12. The van der Waals surface area contributed by atoms with Crippen LogP contribution in [0.3, 0.4) is 0 Å². The maximum atomic E-state index is 5.89. The van der Waals surface area contributed by atoms with Crippen molar-refractivity contribution in [3.63, 3.8) is 0 Å². The Hall–Kier alpha value is -1.09. The molecule has 0 unspecified atom stereocenters. The van der Waals surface area contributed by atoms with Crippen LogP contribution >= 0.6 is 11.6 Å². The highest BCUT2D eigenvalue weighted by atomic mass is 35.5. The van der Waals surface area contributed by atoms with E-state index in [1.807, 2.05) is 0 Å². The van der Waals surface area contributed by atoms with Gasteiger partial charge >= 0.3 is 0 Å². The minimum Gasteiger partial charge on any atom is -0.365 e. The highest BCUT2D eigenvalue weighted by molar-refractivity contribution is 6.32. The van der Waals surface area contributed by atoms with E-state index >= 15 is 0 Å². The Morgan fingerprint density at radius 2 is 2.15 bits per heavy atom. The molecule has 0 fully saturated rings. The lowest BCUT2D eigenvalue weighted by Crippen LogP contribution is -2.16. The molecule has 0 saturated carbocycles. The largest absolute Gasteiger partial charge is 0.365 e. The van der Waals surface area contributed by atoms with E-state index in [0.717, 1.165) is 18.7 Å². The van der Waals surface area contributed by atoms with Crippen molar-refractivity contribution in [2.24, 2.45) is 0 Å². The van der Waals surface area contributed by atoms with Crippen LogP contribution in [-0.2, 0) is 0 Å².